The molecule has 0 spiro atoms. The van der Waals surface area contributed by atoms with Gasteiger partial charge in [-0.25, -0.2) is 13.2 Å². The second-order valence-corrected chi connectivity index (χ2v) is 5.82. The Kier molecular flexibility index (Phi) is 5.42. The fraction of sp³-hybridized carbons (Fsp3) is 0.250. The van der Waals surface area contributed by atoms with E-state index in [1.54, 1.807) is 7.05 Å². The molecule has 2 rings (SSSR count). The van der Waals surface area contributed by atoms with E-state index >= 15 is 0 Å². The van der Waals surface area contributed by atoms with Crippen molar-refractivity contribution in [3.8, 4) is 0 Å². The predicted octanol–water partition coefficient (Wildman–Crippen LogP) is 4.24. The van der Waals surface area contributed by atoms with Gasteiger partial charge in [-0.05, 0) is 55.3 Å². The first-order valence-corrected chi connectivity index (χ1v) is 7.33. The fourth-order valence-electron chi connectivity index (χ4n) is 2.24. The van der Waals surface area contributed by atoms with Gasteiger partial charge >= 0.3 is 0 Å². The lowest BCUT2D eigenvalue weighted by atomic mass is 9.98. The van der Waals surface area contributed by atoms with Gasteiger partial charge in [0.15, 0.2) is 0 Å². The maximum atomic E-state index is 13.7. The Bertz CT molecular complexity index is 611. The van der Waals surface area contributed by atoms with Crippen molar-refractivity contribution in [2.45, 2.75) is 18.9 Å². The summed E-state index contributed by atoms with van der Waals surface area (Å²) in [6.07, 6.45) is 0.945. The highest BCUT2D eigenvalue weighted by molar-refractivity contribution is 9.10. The van der Waals surface area contributed by atoms with Crippen LogP contribution in [-0.2, 0) is 12.8 Å². The zero-order valence-corrected chi connectivity index (χ0v) is 13.1. The number of benzene rings is 2. The molecule has 2 aromatic carbocycles. The van der Waals surface area contributed by atoms with Crippen LogP contribution < -0.4 is 5.32 Å². The third-order valence-electron chi connectivity index (χ3n) is 3.29. The molecule has 0 aromatic heterocycles. The lowest BCUT2D eigenvalue weighted by Crippen LogP contribution is -2.30. The van der Waals surface area contributed by atoms with E-state index in [1.807, 2.05) is 6.07 Å². The third-order valence-corrected chi connectivity index (χ3v) is 3.75. The van der Waals surface area contributed by atoms with Gasteiger partial charge < -0.3 is 5.32 Å². The molecular weight excluding hydrogens is 343 g/mol. The zero-order valence-electron chi connectivity index (χ0n) is 11.5. The lowest BCUT2D eigenvalue weighted by molar-refractivity contribution is 0.522. The van der Waals surface area contributed by atoms with Crippen LogP contribution in [0.4, 0.5) is 13.2 Å². The molecule has 5 heteroatoms. The molecule has 0 bridgehead atoms. The van der Waals surface area contributed by atoms with Crippen LogP contribution in [-0.4, -0.2) is 13.1 Å². The molecule has 2 aromatic rings. The Balaban J connectivity index is 2.12. The molecule has 0 radical (unpaired) electrons. The largest absolute Gasteiger partial charge is 0.316 e. The van der Waals surface area contributed by atoms with Crippen molar-refractivity contribution >= 4 is 15.9 Å². The number of rotatable bonds is 5. The van der Waals surface area contributed by atoms with Gasteiger partial charge in [-0.3, -0.25) is 0 Å². The Morgan fingerprint density at radius 2 is 1.76 bits per heavy atom. The Hall–Kier alpha value is -1.33. The number of nitrogens with one attached hydrogen (secondary N) is 1. The highest BCUT2D eigenvalue weighted by atomic mass is 79.9. The molecule has 0 saturated heterocycles. The third kappa shape index (κ3) is 4.58. The minimum atomic E-state index is -0.591. The van der Waals surface area contributed by atoms with Crippen LogP contribution in [0, 0.1) is 17.5 Å². The van der Waals surface area contributed by atoms with Crippen molar-refractivity contribution in [3.63, 3.8) is 0 Å². The van der Waals surface area contributed by atoms with Crippen LogP contribution in [0.5, 0.6) is 0 Å². The summed E-state index contributed by atoms with van der Waals surface area (Å²) >= 11 is 3.25. The number of likely N-dealkylation sites (N-methyl/N-ethyl adjacent to an activating group) is 1. The number of hydrogen-bond acceptors (Lipinski definition) is 1. The van der Waals surface area contributed by atoms with E-state index in [1.165, 1.54) is 24.3 Å². The molecule has 0 saturated carbocycles. The van der Waals surface area contributed by atoms with Crippen molar-refractivity contribution in [1.82, 2.24) is 5.32 Å². The molecule has 0 fully saturated rings. The second-order valence-electron chi connectivity index (χ2n) is 4.91. The molecule has 1 unspecified atom stereocenters. The van der Waals surface area contributed by atoms with Gasteiger partial charge in [-0.1, -0.05) is 22.0 Å². The first-order valence-electron chi connectivity index (χ1n) is 6.54. The molecular formula is C16H15BrF3N. The van der Waals surface area contributed by atoms with Crippen LogP contribution in [0.1, 0.15) is 11.1 Å². The van der Waals surface area contributed by atoms with Crippen molar-refractivity contribution in [1.29, 1.82) is 0 Å². The van der Waals surface area contributed by atoms with Crippen LogP contribution in [0.2, 0.25) is 0 Å². The Morgan fingerprint density at radius 3 is 2.38 bits per heavy atom. The molecule has 1 N–H and O–H groups in total. The molecule has 0 aliphatic carbocycles. The highest BCUT2D eigenvalue weighted by Gasteiger charge is 2.13. The fourth-order valence-corrected chi connectivity index (χ4v) is 2.76. The van der Waals surface area contributed by atoms with Crippen molar-refractivity contribution in [2.24, 2.45) is 0 Å². The first-order chi connectivity index (χ1) is 9.97. The quantitative estimate of drug-likeness (QED) is 0.843. The van der Waals surface area contributed by atoms with Gasteiger partial charge in [0, 0.05) is 16.6 Å². The van der Waals surface area contributed by atoms with Gasteiger partial charge in [0.25, 0.3) is 0 Å². The topological polar surface area (TPSA) is 12.0 Å². The van der Waals surface area contributed by atoms with Crippen LogP contribution in [0.3, 0.4) is 0 Å². The molecule has 21 heavy (non-hydrogen) atoms. The smallest absolute Gasteiger partial charge is 0.129 e. The monoisotopic (exact) mass is 357 g/mol. The Morgan fingerprint density at radius 1 is 1.00 bits per heavy atom. The van der Waals surface area contributed by atoms with Crippen molar-refractivity contribution in [3.05, 3.63) is 69.4 Å². The normalized spacial score (nSPS) is 12.4. The van der Waals surface area contributed by atoms with E-state index in [9.17, 15) is 13.2 Å². The number of halogens is 4. The maximum Gasteiger partial charge on any atom is 0.129 e. The van der Waals surface area contributed by atoms with Crippen molar-refractivity contribution in [2.75, 3.05) is 7.05 Å². The number of hydrogen-bond donors (Lipinski definition) is 1. The molecule has 0 aliphatic rings. The summed E-state index contributed by atoms with van der Waals surface area (Å²) in [5.41, 5.74) is 1.25. The summed E-state index contributed by atoms with van der Waals surface area (Å²) in [6, 6.07) is 8.15. The molecule has 0 aliphatic heterocycles. The molecule has 112 valence electrons. The molecule has 0 heterocycles. The van der Waals surface area contributed by atoms with E-state index in [0.29, 0.717) is 22.9 Å². The average molecular weight is 358 g/mol. The van der Waals surface area contributed by atoms with E-state index in [2.05, 4.69) is 21.2 Å². The summed E-state index contributed by atoms with van der Waals surface area (Å²) in [5, 5.41) is 3.08. The average Bonchev–Trinajstić information content (AvgIpc) is 2.39. The van der Waals surface area contributed by atoms with E-state index in [-0.39, 0.29) is 11.9 Å². The SMILES string of the molecule is CNC(Cc1cc(F)cc(Br)c1)Cc1ccc(F)cc1F. The summed E-state index contributed by atoms with van der Waals surface area (Å²) in [6.45, 7) is 0. The molecule has 1 nitrogen and oxygen atoms in total. The minimum absolute atomic E-state index is 0.0707. The van der Waals surface area contributed by atoms with Crippen LogP contribution in [0.25, 0.3) is 0 Å². The van der Waals surface area contributed by atoms with Crippen LogP contribution >= 0.6 is 15.9 Å². The summed E-state index contributed by atoms with van der Waals surface area (Å²) in [5.74, 6) is -1.47. The zero-order chi connectivity index (χ0) is 15.4. The Labute approximate surface area is 130 Å². The van der Waals surface area contributed by atoms with Gasteiger partial charge in [0.2, 0.25) is 0 Å². The first kappa shape index (κ1) is 16.0. The summed E-state index contributed by atoms with van der Waals surface area (Å²) < 4.78 is 40.6. The highest BCUT2D eigenvalue weighted by Crippen LogP contribution is 2.18. The van der Waals surface area contributed by atoms with E-state index < -0.39 is 11.6 Å². The maximum absolute atomic E-state index is 13.7. The van der Waals surface area contributed by atoms with Gasteiger partial charge in [0.05, 0.1) is 0 Å². The van der Waals surface area contributed by atoms with Gasteiger partial charge in [-0.2, -0.15) is 0 Å². The standard InChI is InChI=1S/C16H15BrF3N/c1-21-15(6-10-4-12(17)8-14(19)5-10)7-11-2-3-13(18)9-16(11)20/h2-5,8-9,15,21H,6-7H2,1H3. The summed E-state index contributed by atoms with van der Waals surface area (Å²) in [4.78, 5) is 0. The minimum Gasteiger partial charge on any atom is -0.316 e. The van der Waals surface area contributed by atoms with Crippen LogP contribution in [0.15, 0.2) is 40.9 Å². The lowest BCUT2D eigenvalue weighted by Gasteiger charge is -2.17. The van der Waals surface area contributed by atoms with Gasteiger partial charge in [-0.15, -0.1) is 0 Å². The van der Waals surface area contributed by atoms with Gasteiger partial charge in [0.1, 0.15) is 17.5 Å². The predicted molar refractivity (Wildman–Crippen MR) is 80.7 cm³/mol. The van der Waals surface area contributed by atoms with E-state index in [4.69, 9.17) is 0 Å². The van der Waals surface area contributed by atoms with E-state index in [0.717, 1.165) is 11.6 Å². The van der Waals surface area contributed by atoms with Crippen molar-refractivity contribution < 1.29 is 13.2 Å². The molecule has 1 atom stereocenters. The summed E-state index contributed by atoms with van der Waals surface area (Å²) in [7, 11) is 1.76. The second kappa shape index (κ2) is 7.09. The molecule has 0 amide bonds.